The summed E-state index contributed by atoms with van der Waals surface area (Å²) in [5, 5.41) is 3.70. The Morgan fingerprint density at radius 3 is 2.19 bits per heavy atom. The maximum Gasteiger partial charge on any atom is 0.265 e. The van der Waals surface area contributed by atoms with Crippen molar-refractivity contribution < 1.29 is 8.42 Å². The first-order valence-corrected chi connectivity index (χ1v) is 11.6. The van der Waals surface area contributed by atoms with Crippen molar-refractivity contribution in [1.82, 2.24) is 18.7 Å². The number of para-hydroxylation sites is 2. The highest BCUT2D eigenvalue weighted by Crippen LogP contribution is 2.29. The van der Waals surface area contributed by atoms with Crippen LogP contribution in [0.1, 0.15) is 0 Å². The molecule has 2 heterocycles. The minimum Gasteiger partial charge on any atom is -0.337 e. The zero-order chi connectivity index (χ0) is 21.4. The van der Waals surface area contributed by atoms with Crippen LogP contribution in [0.2, 0.25) is 5.02 Å². The zero-order valence-corrected chi connectivity index (χ0v) is 18.0. The predicted octanol–water partition coefficient (Wildman–Crippen LogP) is 4.83. The Hall–Kier alpha value is -3.34. The lowest BCUT2D eigenvalue weighted by molar-refractivity contribution is 0.602. The SMILES string of the molecule is O=S(=O)(Nc1nc2ccccc2nc1Nc1ccc(Cl)cc1)c1cccc2nsnc12. The fourth-order valence-electron chi connectivity index (χ4n) is 3.01. The fraction of sp³-hybridized carbons (Fsp3) is 0. The number of halogens is 1. The van der Waals surface area contributed by atoms with E-state index >= 15 is 0 Å². The number of sulfonamides is 1. The standard InChI is InChI=1S/C20H13ClN6O2S2/c21-12-8-10-13(11-9-12)22-19-20(24-15-5-2-1-4-14(15)23-19)27-31(28,29)17-7-3-6-16-18(17)26-30-25-16/h1-11H,(H,22,23)(H,24,27). The number of nitrogens with one attached hydrogen (secondary N) is 2. The summed E-state index contributed by atoms with van der Waals surface area (Å²) in [6, 6.07) is 19.0. The maximum absolute atomic E-state index is 13.2. The van der Waals surface area contributed by atoms with Gasteiger partial charge in [0.1, 0.15) is 15.9 Å². The van der Waals surface area contributed by atoms with Gasteiger partial charge in [-0.1, -0.05) is 29.8 Å². The van der Waals surface area contributed by atoms with E-state index < -0.39 is 10.0 Å². The lowest BCUT2D eigenvalue weighted by atomic mass is 10.3. The molecule has 3 aromatic carbocycles. The minimum absolute atomic E-state index is 0.0196. The van der Waals surface area contributed by atoms with Crippen LogP contribution in [0.15, 0.2) is 71.6 Å². The Morgan fingerprint density at radius 1 is 0.774 bits per heavy atom. The molecule has 0 atom stereocenters. The van der Waals surface area contributed by atoms with Gasteiger partial charge in [-0.3, -0.25) is 4.72 Å². The van der Waals surface area contributed by atoms with Crippen LogP contribution in [0.4, 0.5) is 17.3 Å². The molecule has 5 aromatic rings. The molecule has 2 aromatic heterocycles. The molecule has 31 heavy (non-hydrogen) atoms. The van der Waals surface area contributed by atoms with Crippen LogP contribution in [-0.4, -0.2) is 27.1 Å². The molecule has 0 spiro atoms. The topological polar surface area (TPSA) is 110 Å². The molecule has 0 aliphatic rings. The van der Waals surface area contributed by atoms with Crippen molar-refractivity contribution in [3.05, 3.63) is 71.8 Å². The number of rotatable bonds is 5. The summed E-state index contributed by atoms with van der Waals surface area (Å²) in [6.45, 7) is 0. The highest BCUT2D eigenvalue weighted by molar-refractivity contribution is 7.93. The van der Waals surface area contributed by atoms with Gasteiger partial charge in [0.15, 0.2) is 11.6 Å². The quantitative estimate of drug-likeness (QED) is 0.380. The number of nitrogens with zero attached hydrogens (tertiary/aromatic N) is 4. The average molecular weight is 469 g/mol. The van der Waals surface area contributed by atoms with E-state index in [9.17, 15) is 8.42 Å². The molecule has 0 aliphatic heterocycles. The molecule has 0 fully saturated rings. The number of fused-ring (bicyclic) bond motifs is 2. The summed E-state index contributed by atoms with van der Waals surface area (Å²) in [5.74, 6) is 0.321. The number of hydrogen-bond donors (Lipinski definition) is 2. The van der Waals surface area contributed by atoms with Crippen molar-refractivity contribution in [2.24, 2.45) is 0 Å². The lowest BCUT2D eigenvalue weighted by Crippen LogP contribution is -2.16. The average Bonchev–Trinajstić information content (AvgIpc) is 3.24. The molecule has 0 saturated carbocycles. The smallest absolute Gasteiger partial charge is 0.265 e. The summed E-state index contributed by atoms with van der Waals surface area (Å²) in [5.41, 5.74) is 2.67. The van der Waals surface area contributed by atoms with Crippen LogP contribution in [0.3, 0.4) is 0 Å². The fourth-order valence-corrected chi connectivity index (χ4v) is 4.91. The molecule has 0 radical (unpaired) electrons. The molecule has 8 nitrogen and oxygen atoms in total. The molecule has 11 heteroatoms. The highest BCUT2D eigenvalue weighted by Gasteiger charge is 2.22. The molecule has 0 bridgehead atoms. The molecule has 5 rings (SSSR count). The minimum atomic E-state index is -4.01. The zero-order valence-electron chi connectivity index (χ0n) is 15.7. The predicted molar refractivity (Wildman–Crippen MR) is 122 cm³/mol. The van der Waals surface area contributed by atoms with Crippen LogP contribution in [0.25, 0.3) is 22.1 Å². The molecular weight excluding hydrogens is 456 g/mol. The van der Waals surface area contributed by atoms with Gasteiger partial charge in [0, 0.05) is 10.7 Å². The van der Waals surface area contributed by atoms with E-state index in [1.807, 2.05) is 12.1 Å². The summed E-state index contributed by atoms with van der Waals surface area (Å²) < 4.78 is 37.2. The Morgan fingerprint density at radius 2 is 1.45 bits per heavy atom. The first-order valence-electron chi connectivity index (χ1n) is 9.03. The first-order chi connectivity index (χ1) is 15.0. The van der Waals surface area contributed by atoms with Gasteiger partial charge in [-0.05, 0) is 48.5 Å². The Kier molecular flexibility index (Phi) is 4.89. The van der Waals surface area contributed by atoms with Gasteiger partial charge in [-0.25, -0.2) is 18.4 Å². The molecule has 0 aliphatic carbocycles. The number of hydrogen-bond acceptors (Lipinski definition) is 8. The van der Waals surface area contributed by atoms with Gasteiger partial charge >= 0.3 is 0 Å². The van der Waals surface area contributed by atoms with E-state index in [0.717, 1.165) is 11.7 Å². The number of aromatic nitrogens is 4. The van der Waals surface area contributed by atoms with Crippen molar-refractivity contribution in [2.75, 3.05) is 10.0 Å². The van der Waals surface area contributed by atoms with Crippen molar-refractivity contribution >= 4 is 72.7 Å². The van der Waals surface area contributed by atoms with Crippen LogP contribution in [-0.2, 0) is 10.0 Å². The monoisotopic (exact) mass is 468 g/mol. The second-order valence-corrected chi connectivity index (χ2v) is 9.15. The van der Waals surface area contributed by atoms with E-state index in [0.29, 0.717) is 32.8 Å². The largest absolute Gasteiger partial charge is 0.337 e. The normalized spacial score (nSPS) is 11.6. The van der Waals surface area contributed by atoms with Gasteiger partial charge in [-0.15, -0.1) is 0 Å². The highest BCUT2D eigenvalue weighted by atomic mass is 35.5. The molecule has 154 valence electrons. The van der Waals surface area contributed by atoms with Crippen molar-refractivity contribution in [3.63, 3.8) is 0 Å². The van der Waals surface area contributed by atoms with Gasteiger partial charge in [0.05, 0.1) is 22.8 Å². The molecular formula is C20H13ClN6O2S2. The van der Waals surface area contributed by atoms with Crippen LogP contribution >= 0.6 is 23.3 Å². The van der Waals surface area contributed by atoms with Crippen LogP contribution in [0.5, 0.6) is 0 Å². The molecule has 0 amide bonds. The number of benzene rings is 3. The van der Waals surface area contributed by atoms with Gasteiger partial charge in [0.2, 0.25) is 0 Å². The summed E-state index contributed by atoms with van der Waals surface area (Å²) in [7, 11) is -4.01. The van der Waals surface area contributed by atoms with E-state index in [1.54, 1.807) is 48.5 Å². The third-order valence-corrected chi connectivity index (χ3v) is 6.61. The van der Waals surface area contributed by atoms with Crippen molar-refractivity contribution in [2.45, 2.75) is 4.90 Å². The van der Waals surface area contributed by atoms with E-state index in [4.69, 9.17) is 11.6 Å². The molecule has 0 saturated heterocycles. The lowest BCUT2D eigenvalue weighted by Gasteiger charge is -2.14. The molecule has 2 N–H and O–H groups in total. The van der Waals surface area contributed by atoms with Crippen LogP contribution < -0.4 is 10.0 Å². The first kappa shape index (κ1) is 19.6. The van der Waals surface area contributed by atoms with Crippen LogP contribution in [0, 0.1) is 0 Å². The summed E-state index contributed by atoms with van der Waals surface area (Å²) in [4.78, 5) is 9.08. The molecule has 0 unspecified atom stereocenters. The van der Waals surface area contributed by atoms with Crippen molar-refractivity contribution in [1.29, 1.82) is 0 Å². The Bertz CT molecular complexity index is 1520. The van der Waals surface area contributed by atoms with E-state index in [-0.39, 0.29) is 16.5 Å². The van der Waals surface area contributed by atoms with E-state index in [2.05, 4.69) is 28.8 Å². The number of anilines is 3. The van der Waals surface area contributed by atoms with Gasteiger partial charge in [-0.2, -0.15) is 8.75 Å². The van der Waals surface area contributed by atoms with Gasteiger partial charge in [0.25, 0.3) is 10.0 Å². The van der Waals surface area contributed by atoms with Gasteiger partial charge < -0.3 is 5.32 Å². The Balaban J connectivity index is 1.60. The second-order valence-electron chi connectivity index (χ2n) is 6.54. The summed E-state index contributed by atoms with van der Waals surface area (Å²) >= 11 is 6.91. The van der Waals surface area contributed by atoms with Crippen molar-refractivity contribution in [3.8, 4) is 0 Å². The maximum atomic E-state index is 13.2. The van der Waals surface area contributed by atoms with E-state index in [1.165, 1.54) is 6.07 Å². The third kappa shape index (κ3) is 3.88. The third-order valence-electron chi connectivity index (χ3n) is 4.45. The Labute approximate surface area is 186 Å². The summed E-state index contributed by atoms with van der Waals surface area (Å²) in [6.07, 6.45) is 0. The second kappa shape index (κ2) is 7.73.